The van der Waals surface area contributed by atoms with Crippen molar-refractivity contribution in [3.63, 3.8) is 0 Å². The van der Waals surface area contributed by atoms with E-state index in [4.69, 9.17) is 5.11 Å². The molecular weight excluding hydrogens is 359 g/mol. The summed E-state index contributed by atoms with van der Waals surface area (Å²) < 4.78 is 38.1. The summed E-state index contributed by atoms with van der Waals surface area (Å²) in [5, 5.41) is 24.5. The first-order valence-corrected chi connectivity index (χ1v) is 8.29. The van der Waals surface area contributed by atoms with E-state index in [0.717, 1.165) is 12.1 Å². The van der Waals surface area contributed by atoms with E-state index in [-0.39, 0.29) is 12.5 Å². The van der Waals surface area contributed by atoms with E-state index in [1.54, 1.807) is 18.2 Å². The molecule has 0 saturated heterocycles. The Morgan fingerprint density at radius 1 is 1.11 bits per heavy atom. The van der Waals surface area contributed by atoms with Crippen molar-refractivity contribution >= 4 is 11.4 Å². The van der Waals surface area contributed by atoms with Crippen LogP contribution in [0.1, 0.15) is 12.5 Å². The molecule has 9 heteroatoms. The number of tetrazole rings is 1. The Bertz CT molecular complexity index is 893. The third-order valence-corrected chi connectivity index (χ3v) is 3.90. The number of rotatable bonds is 6. The van der Waals surface area contributed by atoms with Gasteiger partial charge in [-0.3, -0.25) is 0 Å². The van der Waals surface area contributed by atoms with Gasteiger partial charge in [0.2, 0.25) is 5.82 Å². The fourth-order valence-electron chi connectivity index (χ4n) is 2.45. The Labute approximate surface area is 153 Å². The molecule has 0 bridgehead atoms. The molecule has 1 atom stereocenters. The SMILES string of the molecule is C[C@H](CO)Cn1nnc(-c2ccccc2Nc2ccc(C(F)(F)F)cc2)n1. The molecule has 3 aromatic rings. The average molecular weight is 377 g/mol. The van der Waals surface area contributed by atoms with E-state index in [0.29, 0.717) is 29.3 Å². The first-order chi connectivity index (χ1) is 12.9. The summed E-state index contributed by atoms with van der Waals surface area (Å²) in [6.45, 7) is 2.31. The topological polar surface area (TPSA) is 75.9 Å². The quantitative estimate of drug-likeness (QED) is 0.685. The molecule has 0 fully saturated rings. The van der Waals surface area contributed by atoms with Crippen molar-refractivity contribution in [3.8, 4) is 11.4 Å². The maximum atomic E-state index is 12.7. The number of benzene rings is 2. The van der Waals surface area contributed by atoms with Crippen molar-refractivity contribution in [3.05, 3.63) is 54.1 Å². The Morgan fingerprint density at radius 2 is 1.81 bits per heavy atom. The van der Waals surface area contributed by atoms with Gasteiger partial charge in [0.15, 0.2) is 0 Å². The van der Waals surface area contributed by atoms with Crippen LogP contribution in [0, 0.1) is 5.92 Å². The lowest BCUT2D eigenvalue weighted by Crippen LogP contribution is -2.13. The molecule has 142 valence electrons. The number of nitrogens with one attached hydrogen (secondary N) is 1. The van der Waals surface area contributed by atoms with E-state index in [1.165, 1.54) is 16.9 Å². The minimum atomic E-state index is -4.37. The first kappa shape index (κ1) is 18.8. The van der Waals surface area contributed by atoms with Crippen molar-refractivity contribution in [2.45, 2.75) is 19.6 Å². The number of anilines is 2. The number of para-hydroxylation sites is 1. The largest absolute Gasteiger partial charge is 0.416 e. The highest BCUT2D eigenvalue weighted by molar-refractivity contribution is 5.77. The summed E-state index contributed by atoms with van der Waals surface area (Å²) >= 11 is 0. The van der Waals surface area contributed by atoms with Crippen LogP contribution in [0.5, 0.6) is 0 Å². The van der Waals surface area contributed by atoms with Crippen LogP contribution < -0.4 is 5.32 Å². The van der Waals surface area contributed by atoms with Crippen LogP contribution in [0.3, 0.4) is 0 Å². The van der Waals surface area contributed by atoms with Crippen molar-refractivity contribution in [1.29, 1.82) is 0 Å². The molecular formula is C18H18F3N5O. The molecule has 6 nitrogen and oxygen atoms in total. The predicted molar refractivity (Wildman–Crippen MR) is 94.2 cm³/mol. The lowest BCUT2D eigenvalue weighted by atomic mass is 10.1. The Balaban J connectivity index is 1.82. The number of aromatic nitrogens is 4. The zero-order chi connectivity index (χ0) is 19.4. The summed E-state index contributed by atoms with van der Waals surface area (Å²) in [5.74, 6) is 0.378. The molecule has 0 radical (unpaired) electrons. The van der Waals surface area contributed by atoms with Crippen molar-refractivity contribution in [2.75, 3.05) is 11.9 Å². The summed E-state index contributed by atoms with van der Waals surface area (Å²) in [6.07, 6.45) is -4.37. The fraction of sp³-hybridized carbons (Fsp3) is 0.278. The van der Waals surface area contributed by atoms with Gasteiger partial charge in [-0.15, -0.1) is 10.2 Å². The molecule has 1 heterocycles. The standard InChI is InChI=1S/C18H18F3N5O/c1-12(11-27)10-26-24-17(23-25-26)15-4-2-3-5-16(15)22-14-8-6-13(7-9-14)18(19,20)21/h2-9,12,22,27H,10-11H2,1H3/t12-/m0/s1. The summed E-state index contributed by atoms with van der Waals surface area (Å²) in [4.78, 5) is 1.41. The number of aliphatic hydroxyl groups excluding tert-OH is 1. The Hall–Kier alpha value is -2.94. The third kappa shape index (κ3) is 4.62. The second kappa shape index (κ2) is 7.75. The number of halogens is 3. The third-order valence-electron chi connectivity index (χ3n) is 3.90. The van der Waals surface area contributed by atoms with Crippen LogP contribution in [0.2, 0.25) is 0 Å². The highest BCUT2D eigenvalue weighted by Crippen LogP contribution is 2.32. The molecule has 0 saturated carbocycles. The van der Waals surface area contributed by atoms with Crippen LogP contribution in [0.15, 0.2) is 48.5 Å². The van der Waals surface area contributed by atoms with E-state index >= 15 is 0 Å². The normalized spacial score (nSPS) is 12.8. The van der Waals surface area contributed by atoms with Crippen LogP contribution in [0.4, 0.5) is 24.5 Å². The molecule has 0 aliphatic carbocycles. The Morgan fingerprint density at radius 3 is 2.48 bits per heavy atom. The van der Waals surface area contributed by atoms with E-state index in [9.17, 15) is 13.2 Å². The van der Waals surface area contributed by atoms with Crippen molar-refractivity contribution in [2.24, 2.45) is 5.92 Å². The van der Waals surface area contributed by atoms with Gasteiger partial charge in [0.25, 0.3) is 0 Å². The van der Waals surface area contributed by atoms with Gasteiger partial charge < -0.3 is 10.4 Å². The molecule has 27 heavy (non-hydrogen) atoms. The average Bonchev–Trinajstić information content (AvgIpc) is 3.10. The molecule has 1 aromatic heterocycles. The first-order valence-electron chi connectivity index (χ1n) is 8.29. The molecule has 0 aliphatic rings. The second-order valence-corrected chi connectivity index (χ2v) is 6.20. The van der Waals surface area contributed by atoms with Gasteiger partial charge in [-0.25, -0.2) is 0 Å². The molecule has 0 amide bonds. The maximum absolute atomic E-state index is 12.7. The van der Waals surface area contributed by atoms with Crippen LogP contribution >= 0.6 is 0 Å². The monoisotopic (exact) mass is 377 g/mol. The van der Waals surface area contributed by atoms with Gasteiger partial charge in [0, 0.05) is 29.5 Å². The van der Waals surface area contributed by atoms with Gasteiger partial charge in [-0.1, -0.05) is 19.1 Å². The zero-order valence-electron chi connectivity index (χ0n) is 14.5. The van der Waals surface area contributed by atoms with E-state index in [1.807, 2.05) is 13.0 Å². The predicted octanol–water partition coefficient (Wildman–Crippen LogP) is 3.73. The maximum Gasteiger partial charge on any atom is 0.416 e. The van der Waals surface area contributed by atoms with Crippen molar-refractivity contribution in [1.82, 2.24) is 20.2 Å². The smallest absolute Gasteiger partial charge is 0.396 e. The lowest BCUT2D eigenvalue weighted by molar-refractivity contribution is -0.137. The molecule has 3 rings (SSSR count). The van der Waals surface area contributed by atoms with Gasteiger partial charge >= 0.3 is 6.18 Å². The minimum absolute atomic E-state index is 0.00688. The fourth-order valence-corrected chi connectivity index (χ4v) is 2.45. The highest BCUT2D eigenvalue weighted by atomic mass is 19.4. The zero-order valence-corrected chi connectivity index (χ0v) is 14.5. The number of aliphatic hydroxyl groups is 1. The summed E-state index contributed by atoms with van der Waals surface area (Å²) in [6, 6.07) is 12.0. The molecule has 0 spiro atoms. The van der Waals surface area contributed by atoms with E-state index < -0.39 is 11.7 Å². The lowest BCUT2D eigenvalue weighted by Gasteiger charge is -2.11. The molecule has 0 unspecified atom stereocenters. The van der Waals surface area contributed by atoms with Crippen LogP contribution in [-0.4, -0.2) is 31.9 Å². The van der Waals surface area contributed by atoms with Gasteiger partial charge in [-0.05, 0) is 41.6 Å². The van der Waals surface area contributed by atoms with Crippen molar-refractivity contribution < 1.29 is 18.3 Å². The van der Waals surface area contributed by atoms with Gasteiger partial charge in [0.1, 0.15) is 0 Å². The van der Waals surface area contributed by atoms with Gasteiger partial charge in [0.05, 0.1) is 12.1 Å². The highest BCUT2D eigenvalue weighted by Gasteiger charge is 2.29. The molecule has 2 aromatic carbocycles. The number of alkyl halides is 3. The second-order valence-electron chi connectivity index (χ2n) is 6.20. The molecule has 0 aliphatic heterocycles. The van der Waals surface area contributed by atoms with Crippen LogP contribution in [0.25, 0.3) is 11.4 Å². The van der Waals surface area contributed by atoms with Gasteiger partial charge in [-0.2, -0.15) is 18.0 Å². The number of hydrogen-bond donors (Lipinski definition) is 2. The Kier molecular flexibility index (Phi) is 5.41. The molecule has 2 N–H and O–H groups in total. The number of nitrogens with zero attached hydrogens (tertiary/aromatic N) is 4. The van der Waals surface area contributed by atoms with E-state index in [2.05, 4.69) is 20.7 Å². The van der Waals surface area contributed by atoms with Crippen LogP contribution in [-0.2, 0) is 12.7 Å². The minimum Gasteiger partial charge on any atom is -0.396 e. The summed E-state index contributed by atoms with van der Waals surface area (Å²) in [7, 11) is 0. The number of hydrogen-bond acceptors (Lipinski definition) is 5. The summed E-state index contributed by atoms with van der Waals surface area (Å²) in [5.41, 5.74) is 1.12.